The molecule has 0 atom stereocenters. The Balaban J connectivity index is 0. The molecule has 0 heterocycles. The molecule has 0 bridgehead atoms. The summed E-state index contributed by atoms with van der Waals surface area (Å²) in [5.74, 6) is 0.614. The molecule has 1 rings (SSSR count). The Bertz CT molecular complexity index is 371. The second-order valence-corrected chi connectivity index (χ2v) is 3.38. The summed E-state index contributed by atoms with van der Waals surface area (Å²) in [4.78, 5) is 10.3. The van der Waals surface area contributed by atoms with Gasteiger partial charge in [0.2, 0.25) is 0 Å². The van der Waals surface area contributed by atoms with E-state index in [1.54, 1.807) is 12.2 Å². The first kappa shape index (κ1) is 20.5. The number of hydrogen-bond acceptors (Lipinski definition) is 2. The van der Waals surface area contributed by atoms with Crippen molar-refractivity contribution >= 4 is 6.29 Å². The Morgan fingerprint density at radius 3 is 2.45 bits per heavy atom. The van der Waals surface area contributed by atoms with Crippen LogP contribution >= 0.6 is 0 Å². The van der Waals surface area contributed by atoms with Gasteiger partial charge < -0.3 is 4.74 Å². The Morgan fingerprint density at radius 1 is 1.35 bits per heavy atom. The molecular weight excluding hydrogens is 248 g/mol. The van der Waals surface area contributed by atoms with Crippen LogP contribution in [0.1, 0.15) is 40.5 Å². The number of carbonyl (C=O) groups is 1. The van der Waals surface area contributed by atoms with Crippen LogP contribution in [0, 0.1) is 0 Å². The highest BCUT2D eigenvalue weighted by molar-refractivity contribution is 5.52. The van der Waals surface area contributed by atoms with Gasteiger partial charge in [-0.25, -0.2) is 0 Å². The number of aldehydes is 1. The minimum absolute atomic E-state index is 0.0435. The van der Waals surface area contributed by atoms with Crippen molar-refractivity contribution in [1.29, 1.82) is 0 Å². The Labute approximate surface area is 124 Å². The van der Waals surface area contributed by atoms with Crippen molar-refractivity contribution in [3.63, 3.8) is 0 Å². The van der Waals surface area contributed by atoms with Crippen LogP contribution in [0.4, 0.5) is 0 Å². The van der Waals surface area contributed by atoms with Crippen LogP contribution in [0.3, 0.4) is 0 Å². The first-order chi connectivity index (χ1) is 9.79. The molecule has 0 aromatic rings. The van der Waals surface area contributed by atoms with Crippen LogP contribution in [0.25, 0.3) is 0 Å². The predicted molar refractivity (Wildman–Crippen MR) is 88.6 cm³/mol. The highest BCUT2D eigenvalue weighted by atomic mass is 16.5. The molecule has 0 saturated heterocycles. The van der Waals surface area contributed by atoms with E-state index in [1.165, 1.54) is 0 Å². The number of allylic oxidation sites excluding steroid dienone is 6. The summed E-state index contributed by atoms with van der Waals surface area (Å²) in [7, 11) is 0. The molecule has 0 aliphatic heterocycles. The maximum Gasteiger partial charge on any atom is 0.157 e. The number of ether oxygens (including phenoxy) is 1. The summed E-state index contributed by atoms with van der Waals surface area (Å²) in [5.41, 5.74) is 1.97. The van der Waals surface area contributed by atoms with Crippen molar-refractivity contribution in [2.75, 3.05) is 6.61 Å². The first-order valence-corrected chi connectivity index (χ1v) is 7.24. The third-order valence-corrected chi connectivity index (χ3v) is 2.27. The monoisotopic (exact) mass is 276 g/mol. The Kier molecular flexibility index (Phi) is 15.6. The molecule has 1 aliphatic carbocycles. The summed E-state index contributed by atoms with van der Waals surface area (Å²) in [6.07, 6.45) is 12.2. The predicted octanol–water partition coefficient (Wildman–Crippen LogP) is 5.16. The lowest BCUT2D eigenvalue weighted by Crippen LogP contribution is -2.01. The van der Waals surface area contributed by atoms with E-state index in [9.17, 15) is 4.79 Å². The number of hydrogen-bond donors (Lipinski definition) is 0. The van der Waals surface area contributed by atoms with E-state index >= 15 is 0 Å². The Hall–Kier alpha value is -1.83. The van der Waals surface area contributed by atoms with Crippen LogP contribution in [-0.4, -0.2) is 12.9 Å². The molecule has 0 N–H and O–H groups in total. The van der Waals surface area contributed by atoms with Crippen molar-refractivity contribution in [2.24, 2.45) is 0 Å². The van der Waals surface area contributed by atoms with E-state index in [0.29, 0.717) is 5.76 Å². The fourth-order valence-corrected chi connectivity index (χ4v) is 1.48. The first-order valence-electron chi connectivity index (χ1n) is 7.24. The lowest BCUT2D eigenvalue weighted by molar-refractivity contribution is -0.110. The largest absolute Gasteiger partial charge is 0.486 e. The third-order valence-electron chi connectivity index (χ3n) is 2.27. The topological polar surface area (TPSA) is 26.3 Å². The lowest BCUT2D eigenvalue weighted by Gasteiger charge is -2.15. The zero-order valence-electron chi connectivity index (χ0n) is 13.3. The van der Waals surface area contributed by atoms with E-state index in [2.05, 4.69) is 19.2 Å². The zero-order valence-corrected chi connectivity index (χ0v) is 13.3. The van der Waals surface area contributed by atoms with Crippen molar-refractivity contribution in [2.45, 2.75) is 40.5 Å². The smallest absolute Gasteiger partial charge is 0.157 e. The van der Waals surface area contributed by atoms with Gasteiger partial charge in [0.05, 0.1) is 0 Å². The normalized spacial score (nSPS) is 12.8. The fraction of sp³-hybridized carbons (Fsp3) is 0.389. The molecule has 0 radical (unpaired) electrons. The molecular formula is C18H28O2. The van der Waals surface area contributed by atoms with Gasteiger partial charge in [0.1, 0.15) is 12.4 Å². The SMILES string of the molecule is C=C/C=C(/OCC=O)C(=C)C1=CC=CCC1.CC.CC. The Morgan fingerprint density at radius 2 is 2.00 bits per heavy atom. The summed E-state index contributed by atoms with van der Waals surface area (Å²) < 4.78 is 5.30. The molecule has 2 nitrogen and oxygen atoms in total. The standard InChI is InChI=1S/C14H16O2.2C2H6/c1-3-7-14(16-11-10-15)12(2)13-8-5-4-6-9-13;2*1-2/h3-5,7-8,10H,1-2,6,9,11H2;2*1-2H3/b14-7+;;. The minimum Gasteiger partial charge on any atom is -0.486 e. The van der Waals surface area contributed by atoms with Gasteiger partial charge in [-0.1, -0.05) is 65.2 Å². The van der Waals surface area contributed by atoms with Crippen molar-refractivity contribution in [3.05, 3.63) is 60.4 Å². The molecule has 0 fully saturated rings. The van der Waals surface area contributed by atoms with Gasteiger partial charge in [0.15, 0.2) is 6.29 Å². The quantitative estimate of drug-likeness (QED) is 0.380. The fourth-order valence-electron chi connectivity index (χ4n) is 1.48. The van der Waals surface area contributed by atoms with Gasteiger partial charge in [-0.05, 0) is 24.5 Å². The van der Waals surface area contributed by atoms with Crippen LogP contribution < -0.4 is 0 Å². The zero-order chi connectivity index (χ0) is 15.8. The summed E-state index contributed by atoms with van der Waals surface area (Å²) in [5, 5.41) is 0. The molecule has 0 unspecified atom stereocenters. The van der Waals surface area contributed by atoms with E-state index in [1.807, 2.05) is 39.8 Å². The highest BCUT2D eigenvalue weighted by Gasteiger charge is 2.09. The molecule has 20 heavy (non-hydrogen) atoms. The summed E-state index contributed by atoms with van der Waals surface area (Å²) in [6.45, 7) is 15.7. The van der Waals surface area contributed by atoms with Crippen LogP contribution in [0.5, 0.6) is 0 Å². The summed E-state index contributed by atoms with van der Waals surface area (Å²) >= 11 is 0. The van der Waals surface area contributed by atoms with E-state index < -0.39 is 0 Å². The van der Waals surface area contributed by atoms with Crippen molar-refractivity contribution in [1.82, 2.24) is 0 Å². The van der Waals surface area contributed by atoms with Gasteiger partial charge in [0.25, 0.3) is 0 Å². The molecule has 0 amide bonds. The molecule has 0 saturated carbocycles. The maximum atomic E-state index is 10.3. The molecule has 2 heteroatoms. The molecule has 0 spiro atoms. The molecule has 112 valence electrons. The van der Waals surface area contributed by atoms with Gasteiger partial charge >= 0.3 is 0 Å². The molecule has 1 aliphatic rings. The third kappa shape index (κ3) is 8.30. The average Bonchev–Trinajstić information content (AvgIpc) is 2.55. The second kappa shape index (κ2) is 15.2. The van der Waals surface area contributed by atoms with Crippen LogP contribution in [0.2, 0.25) is 0 Å². The van der Waals surface area contributed by atoms with E-state index in [0.717, 1.165) is 30.3 Å². The van der Waals surface area contributed by atoms with Crippen LogP contribution in [-0.2, 0) is 9.53 Å². The lowest BCUT2D eigenvalue weighted by atomic mass is 9.97. The maximum absolute atomic E-state index is 10.3. The van der Waals surface area contributed by atoms with Crippen molar-refractivity contribution < 1.29 is 9.53 Å². The van der Waals surface area contributed by atoms with Gasteiger partial charge in [-0.15, -0.1) is 0 Å². The van der Waals surface area contributed by atoms with Gasteiger partial charge in [-0.2, -0.15) is 0 Å². The van der Waals surface area contributed by atoms with E-state index in [4.69, 9.17) is 4.74 Å². The van der Waals surface area contributed by atoms with Crippen molar-refractivity contribution in [3.8, 4) is 0 Å². The second-order valence-electron chi connectivity index (χ2n) is 3.38. The number of rotatable bonds is 6. The minimum atomic E-state index is 0.0435. The van der Waals surface area contributed by atoms with E-state index in [-0.39, 0.29) is 6.61 Å². The van der Waals surface area contributed by atoms with Gasteiger partial charge in [-0.3, -0.25) is 4.79 Å². The molecule has 0 aromatic carbocycles. The van der Waals surface area contributed by atoms with Gasteiger partial charge in [0, 0.05) is 5.57 Å². The van der Waals surface area contributed by atoms with Crippen LogP contribution in [0.15, 0.2) is 60.4 Å². The highest BCUT2D eigenvalue weighted by Crippen LogP contribution is 2.25. The summed E-state index contributed by atoms with van der Waals surface area (Å²) in [6, 6.07) is 0. The average molecular weight is 276 g/mol. The number of carbonyl (C=O) groups excluding carboxylic acids is 1. The molecule has 0 aromatic heterocycles.